The highest BCUT2D eigenvalue weighted by molar-refractivity contribution is 7.12. The molecule has 0 bridgehead atoms. The van der Waals surface area contributed by atoms with Gasteiger partial charge in [-0.3, -0.25) is 9.59 Å². The minimum atomic E-state index is -1.09. The second-order valence-electron chi connectivity index (χ2n) is 11.9. The summed E-state index contributed by atoms with van der Waals surface area (Å²) in [5, 5.41) is 23.6. The lowest BCUT2D eigenvalue weighted by atomic mass is 9.49. The van der Waals surface area contributed by atoms with Gasteiger partial charge in [-0.2, -0.15) is 0 Å². The van der Waals surface area contributed by atoms with Crippen molar-refractivity contribution in [2.24, 2.45) is 0 Å². The van der Waals surface area contributed by atoms with Crippen molar-refractivity contribution in [3.63, 3.8) is 0 Å². The Morgan fingerprint density at radius 2 is 1.76 bits per heavy atom. The van der Waals surface area contributed by atoms with E-state index in [0.717, 1.165) is 11.3 Å². The lowest BCUT2D eigenvalue weighted by molar-refractivity contribution is 0.0785. The lowest BCUT2D eigenvalue weighted by Gasteiger charge is -2.23. The third kappa shape index (κ3) is 8.83. The van der Waals surface area contributed by atoms with Crippen LogP contribution >= 0.6 is 11.3 Å². The van der Waals surface area contributed by atoms with E-state index in [9.17, 15) is 14.7 Å². The largest absolute Gasteiger partial charge is 0.494 e. The van der Waals surface area contributed by atoms with Crippen LogP contribution in [-0.4, -0.2) is 88.0 Å². The number of hydrogen-bond acceptors (Lipinski definition) is 11. The number of ether oxygens (including phenoxy) is 2. The van der Waals surface area contributed by atoms with Gasteiger partial charge in [-0.05, 0) is 42.8 Å². The first-order valence-corrected chi connectivity index (χ1v) is 15.2. The number of rotatable bonds is 13. The van der Waals surface area contributed by atoms with Crippen LogP contribution in [0.15, 0.2) is 48.1 Å². The predicted octanol–water partition coefficient (Wildman–Crippen LogP) is 1.08. The molecule has 0 saturated heterocycles. The molecule has 4 aromatic rings. The third-order valence-corrected chi connectivity index (χ3v) is 7.29. The van der Waals surface area contributed by atoms with Gasteiger partial charge in [-0.15, -0.1) is 11.3 Å². The number of amides is 2. The summed E-state index contributed by atoms with van der Waals surface area (Å²) in [5.41, 5.74) is 0.880. The van der Waals surface area contributed by atoms with Crippen LogP contribution in [0.2, 0.25) is 0 Å². The fraction of sp³-hybridized carbons (Fsp3) is 0.276. The highest BCUT2D eigenvalue weighted by atomic mass is 32.1. The minimum absolute atomic E-state index is 0.190. The number of carbonyl (C=O) groups is 2. The minimum Gasteiger partial charge on any atom is -0.494 e. The Morgan fingerprint density at radius 1 is 1.02 bits per heavy atom. The van der Waals surface area contributed by atoms with Gasteiger partial charge >= 0.3 is 0 Å². The normalized spacial score (nSPS) is 11.5. The van der Waals surface area contributed by atoms with Crippen molar-refractivity contribution in [3.8, 4) is 17.0 Å². The molecule has 0 saturated carbocycles. The van der Waals surface area contributed by atoms with Gasteiger partial charge in [0, 0.05) is 49.1 Å². The van der Waals surface area contributed by atoms with Crippen LogP contribution in [0, 0.1) is 5.82 Å². The molecular weight excluding hydrogens is 610 g/mol. The molecule has 2 amide bonds. The fourth-order valence-corrected chi connectivity index (χ4v) is 5.05. The average Bonchev–Trinajstić information content (AvgIpc) is 3.46. The second kappa shape index (κ2) is 14.3. The molecule has 0 unspecified atom stereocenters. The monoisotopic (exact) mass is 645 g/mol. The van der Waals surface area contributed by atoms with E-state index in [0.29, 0.717) is 47.3 Å². The number of anilines is 4. The molecule has 0 atom stereocenters. The van der Waals surface area contributed by atoms with Crippen LogP contribution in [-0.2, 0) is 10.3 Å². The summed E-state index contributed by atoms with van der Waals surface area (Å²) in [6.07, 6.45) is 2.96. The molecule has 12 nitrogen and oxygen atoms in total. The number of benzene rings is 1. The Hall–Kier alpha value is -4.47. The van der Waals surface area contributed by atoms with Crippen LogP contribution < -0.4 is 26.0 Å². The summed E-state index contributed by atoms with van der Waals surface area (Å²) in [6.45, 7) is 4.00. The van der Waals surface area contributed by atoms with Crippen LogP contribution in [0.25, 0.3) is 11.3 Å². The third-order valence-electron chi connectivity index (χ3n) is 6.45. The van der Waals surface area contributed by atoms with Crippen LogP contribution in [0.4, 0.5) is 27.4 Å². The quantitative estimate of drug-likeness (QED) is 0.105. The lowest BCUT2D eigenvalue weighted by Crippen LogP contribution is -2.50. The molecule has 0 aliphatic heterocycles. The number of carbonyl (C=O) groups excluding carboxylic acids is 2. The summed E-state index contributed by atoms with van der Waals surface area (Å²) < 4.78 is 25.8. The number of aliphatic hydroxyl groups is 1. The zero-order valence-corrected chi connectivity index (χ0v) is 27.6. The number of nitrogens with one attached hydrogen (secondary N) is 4. The number of aromatic nitrogens is 3. The fourth-order valence-electron chi connectivity index (χ4n) is 4.31. The maximum atomic E-state index is 15.1. The number of thiazole rings is 1. The van der Waals surface area contributed by atoms with Gasteiger partial charge in [0.2, 0.25) is 0 Å². The highest BCUT2D eigenvalue weighted by Gasteiger charge is 2.23. The zero-order valence-electron chi connectivity index (χ0n) is 26.7. The molecule has 3 aromatic heterocycles. The molecule has 0 radical (unpaired) electrons. The van der Waals surface area contributed by atoms with Crippen LogP contribution in [0.3, 0.4) is 0 Å². The molecule has 3 heterocycles. The van der Waals surface area contributed by atoms with Crippen molar-refractivity contribution in [1.29, 1.82) is 0 Å². The first-order chi connectivity index (χ1) is 21.7. The summed E-state index contributed by atoms with van der Waals surface area (Å²) in [4.78, 5) is 39.0. The maximum absolute atomic E-state index is 15.1. The van der Waals surface area contributed by atoms with E-state index in [1.54, 1.807) is 43.6 Å². The van der Waals surface area contributed by atoms with Gasteiger partial charge in [0.15, 0.2) is 10.8 Å². The number of pyridine rings is 2. The van der Waals surface area contributed by atoms with E-state index in [1.807, 2.05) is 23.5 Å². The molecular formula is C29H35B3FN7O5S. The van der Waals surface area contributed by atoms with Crippen molar-refractivity contribution >= 4 is 69.7 Å². The molecule has 0 spiro atoms. The summed E-state index contributed by atoms with van der Waals surface area (Å²) >= 11 is 1.11. The molecule has 4 rings (SSSR count). The topological polar surface area (TPSA) is 160 Å². The molecule has 1 aromatic carbocycles. The molecule has 0 fully saturated rings. The SMILES string of the molecule is BC(B)(B)NC(=O)c1cnc(Nc2cc(C(C)(C)O)ccn2)cc1Nc1cc(F)cc(-c2csc(C(=O)NCCOC)n2)c1OC. The molecule has 46 heavy (non-hydrogen) atoms. The zero-order chi connectivity index (χ0) is 33.6. The van der Waals surface area contributed by atoms with Crippen LogP contribution in [0.5, 0.6) is 5.75 Å². The summed E-state index contributed by atoms with van der Waals surface area (Å²) in [5.74, 6) is -0.397. The van der Waals surface area contributed by atoms with Gasteiger partial charge in [-0.1, -0.05) is 0 Å². The van der Waals surface area contributed by atoms with E-state index in [2.05, 4.69) is 36.2 Å². The number of halogens is 1. The molecule has 0 aliphatic carbocycles. The highest BCUT2D eigenvalue weighted by Crippen LogP contribution is 2.40. The molecule has 17 heteroatoms. The van der Waals surface area contributed by atoms with Gasteiger partial charge in [-0.25, -0.2) is 19.3 Å². The van der Waals surface area contributed by atoms with Gasteiger partial charge < -0.3 is 35.8 Å². The van der Waals surface area contributed by atoms with Crippen molar-refractivity contribution in [2.45, 2.75) is 24.7 Å². The van der Waals surface area contributed by atoms with Crippen molar-refractivity contribution < 1.29 is 28.6 Å². The Kier molecular flexibility index (Phi) is 10.7. The number of methoxy groups -OCH3 is 2. The Labute approximate surface area is 273 Å². The number of hydrogen-bond donors (Lipinski definition) is 5. The molecule has 5 N–H and O–H groups in total. The first kappa shape index (κ1) is 34.4. The maximum Gasteiger partial charge on any atom is 0.280 e. The van der Waals surface area contributed by atoms with E-state index >= 15 is 4.39 Å². The van der Waals surface area contributed by atoms with E-state index in [1.165, 1.54) is 32.5 Å². The van der Waals surface area contributed by atoms with Crippen LogP contribution in [0.1, 0.15) is 39.6 Å². The molecule has 0 aliphatic rings. The van der Waals surface area contributed by atoms with E-state index < -0.39 is 22.6 Å². The van der Waals surface area contributed by atoms with Gasteiger partial charge in [0.1, 0.15) is 41.0 Å². The smallest absolute Gasteiger partial charge is 0.280 e. The Bertz CT molecular complexity index is 1730. The van der Waals surface area contributed by atoms with Crippen molar-refractivity contribution in [3.05, 3.63) is 70.1 Å². The standard InChI is InChI=1S/C29H35B3FN7O5S/c1-28(2,43)15-5-6-34-22(9-15)39-23-12-19(18(13-36-23)25(41)40-29(30,31)32)37-20-11-16(33)10-17(24(20)45-4)21-14-46-27(38-21)26(42)35-7-8-44-3/h5-6,9-14,43H,7-8,30-32H2,1-4H3,(H,35,42)(H,40,41)(H2,34,36,37,39). The summed E-state index contributed by atoms with van der Waals surface area (Å²) in [7, 11) is 8.52. The van der Waals surface area contributed by atoms with Crippen molar-refractivity contribution in [1.82, 2.24) is 25.6 Å². The summed E-state index contributed by atoms with van der Waals surface area (Å²) in [6, 6.07) is 7.49. The average molecular weight is 645 g/mol. The van der Waals surface area contributed by atoms with E-state index in [-0.39, 0.29) is 27.9 Å². The van der Waals surface area contributed by atoms with E-state index in [4.69, 9.17) is 9.47 Å². The first-order valence-electron chi connectivity index (χ1n) is 14.3. The van der Waals surface area contributed by atoms with Crippen molar-refractivity contribution in [2.75, 3.05) is 38.0 Å². The Morgan fingerprint density at radius 3 is 2.43 bits per heavy atom. The van der Waals surface area contributed by atoms with Gasteiger partial charge in [0.25, 0.3) is 11.8 Å². The number of nitrogens with zero attached hydrogens (tertiary/aromatic N) is 3. The Balaban J connectivity index is 1.74. The molecule has 238 valence electrons. The predicted molar refractivity (Wildman–Crippen MR) is 184 cm³/mol. The second-order valence-corrected chi connectivity index (χ2v) is 12.7. The van der Waals surface area contributed by atoms with Gasteiger partial charge in [0.05, 0.1) is 41.9 Å².